The molecule has 0 aromatic rings. The van der Waals surface area contributed by atoms with Crippen molar-refractivity contribution in [2.45, 2.75) is 43.9 Å². The van der Waals surface area contributed by atoms with Crippen molar-refractivity contribution in [2.24, 2.45) is 0 Å². The second-order valence-corrected chi connectivity index (χ2v) is 4.05. The summed E-state index contributed by atoms with van der Waals surface area (Å²) in [6, 6.07) is 0.611. The number of rotatable bonds is 0. The van der Waals surface area contributed by atoms with Gasteiger partial charge in [-0.1, -0.05) is 0 Å². The van der Waals surface area contributed by atoms with E-state index in [9.17, 15) is 9.90 Å². The number of hydrogen-bond donors (Lipinski definition) is 1. The minimum atomic E-state index is -0.177. The van der Waals surface area contributed by atoms with Gasteiger partial charge in [-0.05, 0) is 19.9 Å². The number of Topliss-reactive ketones (excluding diaryl/α,β-unsaturated/α-hetero) is 1. The molecule has 0 aromatic heterocycles. The first-order valence-corrected chi connectivity index (χ1v) is 4.58. The summed E-state index contributed by atoms with van der Waals surface area (Å²) in [5, 5.41) is 9.48. The van der Waals surface area contributed by atoms with Crippen LogP contribution in [0.5, 0.6) is 0 Å². The van der Waals surface area contributed by atoms with E-state index in [1.165, 1.54) is 0 Å². The third kappa shape index (κ3) is 1.27. The number of carbonyl (C=O) groups is 1. The maximum absolute atomic E-state index is 11.2. The number of fused-ring (bicyclic) bond motifs is 2. The summed E-state index contributed by atoms with van der Waals surface area (Å²) in [6.07, 6.45) is 2.66. The molecule has 0 radical (unpaired) electrons. The van der Waals surface area contributed by atoms with Crippen LogP contribution in [-0.4, -0.2) is 41.0 Å². The van der Waals surface area contributed by atoms with Gasteiger partial charge in [0, 0.05) is 24.9 Å². The lowest BCUT2D eigenvalue weighted by Crippen LogP contribution is -2.53. The molecule has 68 valence electrons. The lowest BCUT2D eigenvalue weighted by Gasteiger charge is -2.44. The molecule has 2 rings (SSSR count). The van der Waals surface area contributed by atoms with Crippen molar-refractivity contribution in [1.29, 1.82) is 0 Å². The highest BCUT2D eigenvalue weighted by Crippen LogP contribution is 2.30. The van der Waals surface area contributed by atoms with Crippen molar-refractivity contribution in [1.82, 2.24) is 4.90 Å². The highest BCUT2D eigenvalue weighted by Gasteiger charge is 2.38. The molecule has 3 atom stereocenters. The summed E-state index contributed by atoms with van der Waals surface area (Å²) >= 11 is 0. The van der Waals surface area contributed by atoms with Gasteiger partial charge in [0.1, 0.15) is 5.78 Å². The molecule has 0 spiro atoms. The third-order valence-corrected chi connectivity index (χ3v) is 3.17. The van der Waals surface area contributed by atoms with Crippen LogP contribution in [0.2, 0.25) is 0 Å². The SMILES string of the molecule is CN1[C@@H]2CC(=O)C[C@H]1C[C@@H](O)C2. The first kappa shape index (κ1) is 8.20. The molecule has 1 N–H and O–H groups in total. The van der Waals surface area contributed by atoms with E-state index in [0.29, 0.717) is 30.7 Å². The van der Waals surface area contributed by atoms with E-state index in [2.05, 4.69) is 11.9 Å². The molecule has 3 nitrogen and oxygen atoms in total. The van der Waals surface area contributed by atoms with Gasteiger partial charge < -0.3 is 5.11 Å². The van der Waals surface area contributed by atoms with Gasteiger partial charge in [-0.25, -0.2) is 0 Å². The fraction of sp³-hybridized carbons (Fsp3) is 0.889. The van der Waals surface area contributed by atoms with E-state index >= 15 is 0 Å². The molecule has 2 saturated heterocycles. The molecule has 0 unspecified atom stereocenters. The van der Waals surface area contributed by atoms with Gasteiger partial charge in [-0.2, -0.15) is 0 Å². The molecule has 3 heteroatoms. The summed E-state index contributed by atoms with van der Waals surface area (Å²) in [4.78, 5) is 13.5. The van der Waals surface area contributed by atoms with Crippen LogP contribution < -0.4 is 0 Å². The predicted octanol–water partition coefficient (Wildman–Crippen LogP) is 0.173. The summed E-state index contributed by atoms with van der Waals surface area (Å²) in [5.41, 5.74) is 0. The van der Waals surface area contributed by atoms with Gasteiger partial charge in [-0.15, -0.1) is 0 Å². The third-order valence-electron chi connectivity index (χ3n) is 3.17. The zero-order chi connectivity index (χ0) is 8.72. The van der Waals surface area contributed by atoms with E-state index in [1.807, 2.05) is 0 Å². The van der Waals surface area contributed by atoms with Gasteiger partial charge >= 0.3 is 0 Å². The Morgan fingerprint density at radius 1 is 1.33 bits per heavy atom. The Kier molecular flexibility index (Phi) is 1.93. The van der Waals surface area contributed by atoms with Crippen LogP contribution in [-0.2, 0) is 4.79 Å². The molecular weight excluding hydrogens is 154 g/mol. The molecule has 0 saturated carbocycles. The number of aliphatic hydroxyl groups is 1. The molecule has 0 aliphatic carbocycles. The van der Waals surface area contributed by atoms with Crippen LogP contribution in [0.15, 0.2) is 0 Å². The number of piperidine rings is 2. The predicted molar refractivity (Wildman–Crippen MR) is 44.8 cm³/mol. The lowest BCUT2D eigenvalue weighted by molar-refractivity contribution is -0.128. The first-order chi connectivity index (χ1) is 5.66. The van der Waals surface area contributed by atoms with Crippen LogP contribution >= 0.6 is 0 Å². The number of hydrogen-bond acceptors (Lipinski definition) is 3. The molecule has 2 heterocycles. The van der Waals surface area contributed by atoms with E-state index in [4.69, 9.17) is 0 Å². The highest BCUT2D eigenvalue weighted by atomic mass is 16.3. The number of carbonyl (C=O) groups excluding carboxylic acids is 1. The summed E-state index contributed by atoms with van der Waals surface area (Å²) in [6.45, 7) is 0. The average Bonchev–Trinajstić information content (AvgIpc) is 1.94. The smallest absolute Gasteiger partial charge is 0.136 e. The molecule has 2 aliphatic rings. The van der Waals surface area contributed by atoms with E-state index in [1.54, 1.807) is 0 Å². The Labute approximate surface area is 72.4 Å². The molecular formula is C9H15NO2. The topological polar surface area (TPSA) is 40.5 Å². The standard InChI is InChI=1S/C9H15NO2/c1-10-6-2-8(11)4-7(10)5-9(12)3-6/h6-8,11H,2-5H2,1H3/t6-,7+,8-. The fourth-order valence-electron chi connectivity index (χ4n) is 2.42. The maximum Gasteiger partial charge on any atom is 0.136 e. The van der Waals surface area contributed by atoms with Gasteiger partial charge in [0.05, 0.1) is 6.10 Å². The van der Waals surface area contributed by atoms with Crippen LogP contribution in [0.25, 0.3) is 0 Å². The Morgan fingerprint density at radius 2 is 1.83 bits per heavy atom. The van der Waals surface area contributed by atoms with Crippen LogP contribution in [0.4, 0.5) is 0 Å². The minimum Gasteiger partial charge on any atom is -0.393 e. The fourth-order valence-corrected chi connectivity index (χ4v) is 2.42. The maximum atomic E-state index is 11.2. The molecule has 0 amide bonds. The van der Waals surface area contributed by atoms with Crippen molar-refractivity contribution >= 4 is 5.78 Å². The first-order valence-electron chi connectivity index (χ1n) is 4.58. The van der Waals surface area contributed by atoms with Crippen molar-refractivity contribution in [3.63, 3.8) is 0 Å². The second kappa shape index (κ2) is 2.82. The molecule has 2 fully saturated rings. The summed E-state index contributed by atoms with van der Waals surface area (Å²) < 4.78 is 0. The molecule has 0 aromatic carbocycles. The molecule has 2 bridgehead atoms. The van der Waals surface area contributed by atoms with Gasteiger partial charge in [0.25, 0.3) is 0 Å². The Hall–Kier alpha value is -0.410. The number of nitrogens with zero attached hydrogens (tertiary/aromatic N) is 1. The second-order valence-electron chi connectivity index (χ2n) is 4.05. The van der Waals surface area contributed by atoms with Crippen molar-refractivity contribution < 1.29 is 9.90 Å². The van der Waals surface area contributed by atoms with Crippen molar-refractivity contribution in [3.05, 3.63) is 0 Å². The Balaban J connectivity index is 2.13. The highest BCUT2D eigenvalue weighted by molar-refractivity contribution is 5.80. The van der Waals surface area contributed by atoms with Crippen molar-refractivity contribution in [3.8, 4) is 0 Å². The number of aliphatic hydroxyl groups excluding tert-OH is 1. The Bertz CT molecular complexity index is 187. The average molecular weight is 169 g/mol. The molecule has 12 heavy (non-hydrogen) atoms. The quantitative estimate of drug-likeness (QED) is 0.562. The largest absolute Gasteiger partial charge is 0.393 e. The van der Waals surface area contributed by atoms with Gasteiger partial charge in [-0.3, -0.25) is 9.69 Å². The van der Waals surface area contributed by atoms with E-state index < -0.39 is 0 Å². The van der Waals surface area contributed by atoms with Gasteiger partial charge in [0.2, 0.25) is 0 Å². The van der Waals surface area contributed by atoms with Crippen LogP contribution in [0.1, 0.15) is 25.7 Å². The number of ketones is 1. The zero-order valence-electron chi connectivity index (χ0n) is 7.36. The zero-order valence-corrected chi connectivity index (χ0v) is 7.36. The lowest BCUT2D eigenvalue weighted by atomic mass is 9.83. The van der Waals surface area contributed by atoms with E-state index in [0.717, 1.165) is 12.8 Å². The van der Waals surface area contributed by atoms with E-state index in [-0.39, 0.29) is 6.10 Å². The summed E-state index contributed by atoms with van der Waals surface area (Å²) in [7, 11) is 2.06. The monoisotopic (exact) mass is 169 g/mol. The van der Waals surface area contributed by atoms with Crippen LogP contribution in [0, 0.1) is 0 Å². The van der Waals surface area contributed by atoms with Crippen LogP contribution in [0.3, 0.4) is 0 Å². The normalized spacial score (nSPS) is 43.2. The van der Waals surface area contributed by atoms with Gasteiger partial charge in [0.15, 0.2) is 0 Å². The summed E-state index contributed by atoms with van der Waals surface area (Å²) in [5.74, 6) is 0.370. The minimum absolute atomic E-state index is 0.177. The molecule has 2 aliphatic heterocycles. The van der Waals surface area contributed by atoms with Crippen molar-refractivity contribution in [2.75, 3.05) is 7.05 Å². The Morgan fingerprint density at radius 3 is 2.33 bits per heavy atom.